The van der Waals surface area contributed by atoms with E-state index in [1.807, 2.05) is 12.2 Å². The Morgan fingerprint density at radius 3 is 1.76 bits per heavy atom. The average molecular weight is 232 g/mol. The summed E-state index contributed by atoms with van der Waals surface area (Å²) in [4.78, 5) is 24.1. The largest absolute Gasteiger partial charge is 0.302 e. The lowest BCUT2D eigenvalue weighted by molar-refractivity contribution is -0.133. The van der Waals surface area contributed by atoms with E-state index in [0.717, 1.165) is 11.4 Å². The van der Waals surface area contributed by atoms with E-state index in [9.17, 15) is 9.59 Å². The van der Waals surface area contributed by atoms with Crippen LogP contribution in [0, 0.1) is 10.8 Å². The molecule has 88 valence electrons. The van der Waals surface area contributed by atoms with Crippen LogP contribution >= 0.6 is 0 Å². The second-order valence-electron chi connectivity index (χ2n) is 5.14. The van der Waals surface area contributed by atoms with Crippen LogP contribution in [0.3, 0.4) is 0 Å². The van der Waals surface area contributed by atoms with Gasteiger partial charge in [-0.15, -0.1) is 0 Å². The quantitative estimate of drug-likeness (QED) is 0.440. The van der Waals surface area contributed by atoms with Gasteiger partial charge < -0.3 is 10.9 Å². The Bertz CT molecular complexity index is 478. The third kappa shape index (κ3) is 0.810. The first kappa shape index (κ1) is 9.09. The minimum atomic E-state index is -0.564. The standard InChI is InChI=1S/C11H12N4O2/c16-8-10-3-1-6-11(5-10,9(17)14-12-6)4-2-7(10)13-15-8/h1-2,12-13H,3-5H2,(H,14,17)(H,15,16)/t10-,11-/m0/s1. The first-order chi connectivity index (χ1) is 8.17. The predicted molar refractivity (Wildman–Crippen MR) is 57.4 cm³/mol. The highest BCUT2D eigenvalue weighted by molar-refractivity contribution is 5.94. The van der Waals surface area contributed by atoms with Crippen LogP contribution in [0.5, 0.6) is 0 Å². The number of nitrogens with one attached hydrogen (secondary N) is 4. The Hall–Kier alpha value is -1.98. The van der Waals surface area contributed by atoms with Gasteiger partial charge >= 0.3 is 0 Å². The van der Waals surface area contributed by atoms with Gasteiger partial charge in [-0.1, -0.05) is 12.2 Å². The number of hydrogen-bond acceptors (Lipinski definition) is 4. The zero-order valence-electron chi connectivity index (χ0n) is 9.09. The Morgan fingerprint density at radius 2 is 1.29 bits per heavy atom. The Kier molecular flexibility index (Phi) is 1.32. The zero-order valence-corrected chi connectivity index (χ0v) is 9.09. The Morgan fingerprint density at radius 1 is 0.824 bits per heavy atom. The molecule has 2 saturated heterocycles. The van der Waals surface area contributed by atoms with E-state index in [-0.39, 0.29) is 11.8 Å². The molecule has 6 nitrogen and oxygen atoms in total. The number of hydrogen-bond donors (Lipinski definition) is 4. The lowest BCUT2D eigenvalue weighted by Crippen LogP contribution is -2.46. The molecule has 0 radical (unpaired) electrons. The molecule has 2 fully saturated rings. The van der Waals surface area contributed by atoms with Gasteiger partial charge in [0.1, 0.15) is 0 Å². The fourth-order valence-electron chi connectivity index (χ4n) is 3.43. The fourth-order valence-corrected chi connectivity index (χ4v) is 3.43. The molecule has 6 heteroatoms. The van der Waals surface area contributed by atoms with Crippen molar-refractivity contribution >= 4 is 11.8 Å². The van der Waals surface area contributed by atoms with E-state index in [1.54, 1.807) is 0 Å². The lowest BCUT2D eigenvalue weighted by atomic mass is 9.58. The summed E-state index contributed by atoms with van der Waals surface area (Å²) in [6.07, 6.45) is 5.77. The molecule has 4 aliphatic rings. The molecule has 0 unspecified atom stereocenters. The van der Waals surface area contributed by atoms with E-state index in [0.29, 0.717) is 19.3 Å². The van der Waals surface area contributed by atoms with E-state index in [2.05, 4.69) is 21.7 Å². The average Bonchev–Trinajstić information content (AvgIpc) is 2.80. The molecule has 4 rings (SSSR count). The van der Waals surface area contributed by atoms with Crippen LogP contribution in [0.15, 0.2) is 23.5 Å². The highest BCUT2D eigenvalue weighted by Crippen LogP contribution is 2.56. The number of allylic oxidation sites excluding steroid dienone is 2. The van der Waals surface area contributed by atoms with E-state index >= 15 is 0 Å². The van der Waals surface area contributed by atoms with E-state index < -0.39 is 10.8 Å². The van der Waals surface area contributed by atoms with E-state index in [1.165, 1.54) is 0 Å². The molecule has 2 spiro atoms. The van der Waals surface area contributed by atoms with Gasteiger partial charge in [0.25, 0.3) is 11.8 Å². The molecular formula is C11H12N4O2. The molecular weight excluding hydrogens is 220 g/mol. The Labute approximate surface area is 97.4 Å². The molecule has 2 aliphatic heterocycles. The summed E-state index contributed by atoms with van der Waals surface area (Å²) in [5.41, 5.74) is 11.9. The van der Waals surface area contributed by atoms with Crippen LogP contribution in [0.25, 0.3) is 0 Å². The van der Waals surface area contributed by atoms with Crippen molar-refractivity contribution < 1.29 is 9.59 Å². The molecule has 0 saturated carbocycles. The number of carbonyl (C=O) groups excluding carboxylic acids is 2. The summed E-state index contributed by atoms with van der Waals surface area (Å²) in [6, 6.07) is 0. The number of amides is 2. The van der Waals surface area contributed by atoms with Crippen molar-refractivity contribution in [3.05, 3.63) is 23.5 Å². The van der Waals surface area contributed by atoms with Crippen LogP contribution in [0.1, 0.15) is 19.3 Å². The molecule has 2 atom stereocenters. The van der Waals surface area contributed by atoms with Crippen LogP contribution < -0.4 is 21.7 Å². The van der Waals surface area contributed by atoms with Gasteiger partial charge in [-0.2, -0.15) is 0 Å². The molecule has 2 heterocycles. The van der Waals surface area contributed by atoms with Gasteiger partial charge in [0.15, 0.2) is 0 Å². The third-order valence-corrected chi connectivity index (χ3v) is 4.43. The number of hydrazine groups is 2. The zero-order chi connectivity index (χ0) is 11.7. The fraction of sp³-hybridized carbons (Fsp3) is 0.455. The maximum absolute atomic E-state index is 12.0. The maximum Gasteiger partial charge on any atom is 0.250 e. The second kappa shape index (κ2) is 2.47. The number of carbonyl (C=O) groups is 2. The van der Waals surface area contributed by atoms with Crippen LogP contribution in [-0.2, 0) is 9.59 Å². The van der Waals surface area contributed by atoms with Gasteiger partial charge in [0.05, 0.1) is 10.8 Å². The van der Waals surface area contributed by atoms with Crippen molar-refractivity contribution in [3.63, 3.8) is 0 Å². The molecule has 2 aliphatic carbocycles. The highest BCUT2D eigenvalue weighted by atomic mass is 16.2. The van der Waals surface area contributed by atoms with Crippen molar-refractivity contribution in [1.82, 2.24) is 21.7 Å². The van der Waals surface area contributed by atoms with Gasteiger partial charge in [0, 0.05) is 11.4 Å². The van der Waals surface area contributed by atoms with Gasteiger partial charge in [0.2, 0.25) is 0 Å². The molecule has 0 aromatic rings. The Balaban J connectivity index is 1.93. The summed E-state index contributed by atoms with van der Waals surface area (Å²) >= 11 is 0. The van der Waals surface area contributed by atoms with Gasteiger partial charge in [-0.3, -0.25) is 20.4 Å². The summed E-state index contributed by atoms with van der Waals surface area (Å²) in [5, 5.41) is 0. The third-order valence-electron chi connectivity index (χ3n) is 4.43. The first-order valence-electron chi connectivity index (χ1n) is 5.72. The van der Waals surface area contributed by atoms with E-state index in [4.69, 9.17) is 0 Å². The van der Waals surface area contributed by atoms with Gasteiger partial charge in [-0.25, -0.2) is 0 Å². The molecule has 4 N–H and O–H groups in total. The summed E-state index contributed by atoms with van der Waals surface area (Å²) < 4.78 is 0. The normalized spacial score (nSPS) is 41.2. The topological polar surface area (TPSA) is 82.3 Å². The predicted octanol–water partition coefficient (Wildman–Crippen LogP) is -0.807. The first-order valence-corrected chi connectivity index (χ1v) is 5.72. The highest BCUT2D eigenvalue weighted by Gasteiger charge is 2.61. The summed E-state index contributed by atoms with van der Waals surface area (Å²) in [7, 11) is 0. The minimum Gasteiger partial charge on any atom is -0.302 e. The minimum absolute atomic E-state index is 0.0298. The molecule has 17 heavy (non-hydrogen) atoms. The van der Waals surface area contributed by atoms with Crippen molar-refractivity contribution in [2.75, 3.05) is 0 Å². The SMILES string of the molecule is O=C1NNC2=CC[C@]34C[C@]12CC=C3NNC4=O. The smallest absolute Gasteiger partial charge is 0.250 e. The summed E-state index contributed by atoms with van der Waals surface area (Å²) in [6.45, 7) is 0. The second-order valence-corrected chi connectivity index (χ2v) is 5.14. The molecule has 2 bridgehead atoms. The van der Waals surface area contributed by atoms with Crippen molar-refractivity contribution in [2.24, 2.45) is 10.8 Å². The van der Waals surface area contributed by atoms with Gasteiger partial charge in [-0.05, 0) is 19.3 Å². The molecule has 0 aromatic carbocycles. The van der Waals surface area contributed by atoms with Crippen LogP contribution in [0.2, 0.25) is 0 Å². The van der Waals surface area contributed by atoms with Crippen LogP contribution in [0.4, 0.5) is 0 Å². The number of rotatable bonds is 0. The van der Waals surface area contributed by atoms with Crippen molar-refractivity contribution in [3.8, 4) is 0 Å². The van der Waals surface area contributed by atoms with Crippen LogP contribution in [-0.4, -0.2) is 11.8 Å². The molecule has 0 aromatic heterocycles. The maximum atomic E-state index is 12.0. The van der Waals surface area contributed by atoms with Crippen molar-refractivity contribution in [1.29, 1.82) is 0 Å². The monoisotopic (exact) mass is 232 g/mol. The summed E-state index contributed by atoms with van der Waals surface area (Å²) in [5.74, 6) is -0.0596. The lowest BCUT2D eigenvalue weighted by Gasteiger charge is -2.42. The molecule has 2 amide bonds. The van der Waals surface area contributed by atoms with Crippen molar-refractivity contribution in [2.45, 2.75) is 19.3 Å².